The molecule has 0 aromatic carbocycles. The molecule has 0 heterocycles. The third-order valence-electron chi connectivity index (χ3n) is 4.51. The van der Waals surface area contributed by atoms with Crippen molar-refractivity contribution in [3.63, 3.8) is 0 Å². The Morgan fingerprint density at radius 2 is 2.12 bits per heavy atom. The molecule has 0 saturated heterocycles. The number of carbonyl (C=O) groups is 1. The molecule has 94 valence electrons. The molecule has 2 aliphatic carbocycles. The van der Waals surface area contributed by atoms with Crippen molar-refractivity contribution in [3.8, 4) is 0 Å². The van der Waals surface area contributed by atoms with E-state index in [4.69, 9.17) is 4.74 Å². The molecule has 0 aromatic heterocycles. The van der Waals surface area contributed by atoms with E-state index in [1.807, 2.05) is 0 Å². The van der Waals surface area contributed by atoms with Crippen LogP contribution in [-0.2, 0) is 9.53 Å². The van der Waals surface area contributed by atoms with Crippen molar-refractivity contribution in [1.29, 1.82) is 0 Å². The average molecular weight is 234 g/mol. The first-order valence-corrected chi connectivity index (χ1v) is 6.46. The maximum atomic E-state index is 12.0. The zero-order valence-corrected chi connectivity index (χ0v) is 11.2. The second-order valence-electron chi connectivity index (χ2n) is 5.57. The van der Waals surface area contributed by atoms with E-state index < -0.39 is 0 Å². The van der Waals surface area contributed by atoms with Gasteiger partial charge in [-0.2, -0.15) is 0 Å². The fourth-order valence-corrected chi connectivity index (χ4v) is 3.37. The van der Waals surface area contributed by atoms with E-state index in [1.165, 1.54) is 18.3 Å². The van der Waals surface area contributed by atoms with Crippen molar-refractivity contribution in [2.45, 2.75) is 33.6 Å². The van der Waals surface area contributed by atoms with E-state index in [9.17, 15) is 4.79 Å². The van der Waals surface area contributed by atoms with Crippen LogP contribution in [0.25, 0.3) is 0 Å². The number of hydrogen-bond donors (Lipinski definition) is 0. The van der Waals surface area contributed by atoms with Gasteiger partial charge >= 0.3 is 5.97 Å². The Labute approximate surface area is 104 Å². The molecule has 2 aliphatic rings. The SMILES string of the molecule is COC(=O)[C@@H]1[C@H]2CC=C(C)C[C@H]2C=C(C)[C@H]1C. The highest BCUT2D eigenvalue weighted by molar-refractivity contribution is 5.74. The van der Waals surface area contributed by atoms with Crippen molar-refractivity contribution < 1.29 is 9.53 Å². The summed E-state index contributed by atoms with van der Waals surface area (Å²) in [6, 6.07) is 0. The number of esters is 1. The summed E-state index contributed by atoms with van der Waals surface area (Å²) in [5.41, 5.74) is 2.80. The first-order valence-electron chi connectivity index (χ1n) is 6.46. The van der Waals surface area contributed by atoms with E-state index in [0.29, 0.717) is 17.8 Å². The van der Waals surface area contributed by atoms with Gasteiger partial charge in [-0.1, -0.05) is 30.2 Å². The molecule has 0 unspecified atom stereocenters. The van der Waals surface area contributed by atoms with Gasteiger partial charge in [-0.15, -0.1) is 0 Å². The number of ether oxygens (including phenoxy) is 1. The molecule has 0 bridgehead atoms. The monoisotopic (exact) mass is 234 g/mol. The molecule has 0 radical (unpaired) electrons. The standard InChI is InChI=1S/C15H22O2/c1-9-5-6-13-12(7-9)8-10(2)11(3)14(13)15(16)17-4/h5,8,11-14H,6-7H2,1-4H3/t11-,12+,13+,14+/m1/s1. The Morgan fingerprint density at radius 1 is 1.41 bits per heavy atom. The number of fused-ring (bicyclic) bond motifs is 1. The lowest BCUT2D eigenvalue weighted by molar-refractivity contribution is -0.150. The molecule has 0 aromatic rings. The average Bonchev–Trinajstić information content (AvgIpc) is 2.30. The van der Waals surface area contributed by atoms with Crippen LogP contribution in [0.3, 0.4) is 0 Å². The number of rotatable bonds is 1. The van der Waals surface area contributed by atoms with Crippen molar-refractivity contribution in [2.24, 2.45) is 23.7 Å². The molecule has 0 N–H and O–H groups in total. The van der Waals surface area contributed by atoms with Gasteiger partial charge in [0.05, 0.1) is 13.0 Å². The normalized spacial score (nSPS) is 36.7. The maximum absolute atomic E-state index is 12.0. The van der Waals surface area contributed by atoms with Crippen molar-refractivity contribution in [2.75, 3.05) is 7.11 Å². The van der Waals surface area contributed by atoms with Crippen LogP contribution < -0.4 is 0 Å². The van der Waals surface area contributed by atoms with E-state index in [1.54, 1.807) is 0 Å². The topological polar surface area (TPSA) is 26.3 Å². The van der Waals surface area contributed by atoms with E-state index in [2.05, 4.69) is 32.9 Å². The Hall–Kier alpha value is -1.05. The van der Waals surface area contributed by atoms with Crippen LogP contribution in [0.1, 0.15) is 33.6 Å². The van der Waals surface area contributed by atoms with E-state index in [-0.39, 0.29) is 11.9 Å². The van der Waals surface area contributed by atoms with E-state index >= 15 is 0 Å². The van der Waals surface area contributed by atoms with Gasteiger partial charge < -0.3 is 4.74 Å². The fraction of sp³-hybridized carbons (Fsp3) is 0.667. The molecule has 2 rings (SSSR count). The lowest BCUT2D eigenvalue weighted by atomic mass is 9.63. The van der Waals surface area contributed by atoms with E-state index in [0.717, 1.165) is 12.8 Å². The predicted octanol–water partition coefficient (Wildman–Crippen LogP) is 3.34. The zero-order valence-electron chi connectivity index (χ0n) is 11.2. The molecule has 2 nitrogen and oxygen atoms in total. The maximum Gasteiger partial charge on any atom is 0.309 e. The van der Waals surface area contributed by atoms with Gasteiger partial charge in [-0.25, -0.2) is 0 Å². The summed E-state index contributed by atoms with van der Waals surface area (Å²) in [5, 5.41) is 0. The van der Waals surface area contributed by atoms with Gasteiger partial charge in [-0.05, 0) is 44.4 Å². The first-order chi connectivity index (χ1) is 8.04. The number of carbonyl (C=O) groups excluding carboxylic acids is 1. The van der Waals surface area contributed by atoms with Crippen LogP contribution in [0, 0.1) is 23.7 Å². The number of allylic oxidation sites excluding steroid dienone is 4. The molecule has 17 heavy (non-hydrogen) atoms. The highest BCUT2D eigenvalue weighted by atomic mass is 16.5. The van der Waals surface area contributed by atoms with Crippen LogP contribution in [0.15, 0.2) is 23.3 Å². The molecule has 4 atom stereocenters. The highest BCUT2D eigenvalue weighted by Gasteiger charge is 2.42. The van der Waals surface area contributed by atoms with Crippen LogP contribution in [0.5, 0.6) is 0 Å². The summed E-state index contributed by atoms with van der Waals surface area (Å²) in [7, 11) is 1.50. The quantitative estimate of drug-likeness (QED) is 0.514. The summed E-state index contributed by atoms with van der Waals surface area (Å²) < 4.78 is 5.00. The zero-order chi connectivity index (χ0) is 12.6. The van der Waals surface area contributed by atoms with Crippen molar-refractivity contribution in [1.82, 2.24) is 0 Å². The number of hydrogen-bond acceptors (Lipinski definition) is 2. The van der Waals surface area contributed by atoms with Crippen LogP contribution >= 0.6 is 0 Å². The van der Waals surface area contributed by atoms with Gasteiger partial charge in [-0.3, -0.25) is 4.79 Å². The molecule has 2 heteroatoms. The Morgan fingerprint density at radius 3 is 2.76 bits per heavy atom. The third kappa shape index (κ3) is 2.18. The Kier molecular flexibility index (Phi) is 3.41. The summed E-state index contributed by atoms with van der Waals surface area (Å²) in [5.74, 6) is 1.29. The van der Waals surface area contributed by atoms with Gasteiger partial charge in [0, 0.05) is 0 Å². The lowest BCUT2D eigenvalue weighted by Crippen LogP contribution is -2.39. The van der Waals surface area contributed by atoms with Crippen molar-refractivity contribution in [3.05, 3.63) is 23.3 Å². The first kappa shape index (κ1) is 12.4. The van der Waals surface area contributed by atoms with Crippen molar-refractivity contribution >= 4 is 5.97 Å². The van der Waals surface area contributed by atoms with Gasteiger partial charge in [0.1, 0.15) is 0 Å². The minimum Gasteiger partial charge on any atom is -0.469 e. The Balaban J connectivity index is 2.32. The largest absolute Gasteiger partial charge is 0.469 e. The lowest BCUT2D eigenvalue weighted by Gasteiger charge is -2.41. The van der Waals surface area contributed by atoms with Gasteiger partial charge in [0.2, 0.25) is 0 Å². The summed E-state index contributed by atoms with van der Waals surface area (Å²) in [4.78, 5) is 12.0. The summed E-state index contributed by atoms with van der Waals surface area (Å²) in [6.07, 6.45) is 6.79. The second-order valence-corrected chi connectivity index (χ2v) is 5.57. The fourth-order valence-electron chi connectivity index (χ4n) is 3.37. The number of methoxy groups -OCH3 is 1. The Bertz CT molecular complexity index is 378. The second kappa shape index (κ2) is 4.67. The molecule has 0 saturated carbocycles. The third-order valence-corrected chi connectivity index (χ3v) is 4.51. The van der Waals surface area contributed by atoms with Gasteiger partial charge in [0.15, 0.2) is 0 Å². The molecular formula is C15H22O2. The minimum absolute atomic E-state index is 0.0343. The smallest absolute Gasteiger partial charge is 0.309 e. The molecule has 0 spiro atoms. The predicted molar refractivity (Wildman–Crippen MR) is 68.4 cm³/mol. The van der Waals surface area contributed by atoms with Crippen LogP contribution in [-0.4, -0.2) is 13.1 Å². The molecule has 0 aliphatic heterocycles. The van der Waals surface area contributed by atoms with Crippen LogP contribution in [0.4, 0.5) is 0 Å². The summed E-state index contributed by atoms with van der Waals surface area (Å²) in [6.45, 7) is 6.48. The highest BCUT2D eigenvalue weighted by Crippen LogP contribution is 2.45. The molecule has 0 amide bonds. The minimum atomic E-state index is -0.0343. The molecular weight excluding hydrogens is 212 g/mol. The molecule has 0 fully saturated rings. The van der Waals surface area contributed by atoms with Crippen LogP contribution in [0.2, 0.25) is 0 Å². The summed E-state index contributed by atoms with van der Waals surface area (Å²) >= 11 is 0. The van der Waals surface area contributed by atoms with Gasteiger partial charge in [0.25, 0.3) is 0 Å².